The van der Waals surface area contributed by atoms with Crippen LogP contribution in [0.25, 0.3) is 0 Å². The van der Waals surface area contributed by atoms with Gasteiger partial charge in [0.2, 0.25) is 0 Å². The summed E-state index contributed by atoms with van der Waals surface area (Å²) in [5.74, 6) is 1.97. The lowest BCUT2D eigenvalue weighted by atomic mass is 10.0. The minimum atomic E-state index is -0.121. The first kappa shape index (κ1) is 17.5. The van der Waals surface area contributed by atoms with Gasteiger partial charge in [-0.15, -0.1) is 0 Å². The van der Waals surface area contributed by atoms with Crippen molar-refractivity contribution in [2.45, 2.75) is 12.5 Å². The zero-order chi connectivity index (χ0) is 18.6. The lowest BCUT2D eigenvalue weighted by Crippen LogP contribution is -2.41. The summed E-state index contributed by atoms with van der Waals surface area (Å²) in [6.45, 7) is 2.75. The maximum Gasteiger partial charge on any atom is 0.274 e. The van der Waals surface area contributed by atoms with Gasteiger partial charge in [0.05, 0.1) is 38.8 Å². The van der Waals surface area contributed by atoms with Crippen LogP contribution in [-0.2, 0) is 11.2 Å². The lowest BCUT2D eigenvalue weighted by molar-refractivity contribution is 0.0299. The van der Waals surface area contributed by atoms with E-state index in [4.69, 9.17) is 14.2 Å². The lowest BCUT2D eigenvalue weighted by Gasteiger charge is -2.28. The number of benzene rings is 1. The number of aromatic nitrogens is 2. The number of morpholine rings is 1. The minimum Gasteiger partial charge on any atom is -0.493 e. The van der Waals surface area contributed by atoms with Gasteiger partial charge in [0.25, 0.3) is 5.91 Å². The van der Waals surface area contributed by atoms with Crippen molar-refractivity contribution in [2.75, 3.05) is 45.3 Å². The fraction of sp³-hybridized carbons (Fsp3) is 0.421. The Morgan fingerprint density at radius 3 is 2.96 bits per heavy atom. The summed E-state index contributed by atoms with van der Waals surface area (Å²) in [7, 11) is 1.63. The van der Waals surface area contributed by atoms with E-state index in [1.165, 1.54) is 6.20 Å². The molecule has 0 bridgehead atoms. The van der Waals surface area contributed by atoms with E-state index in [1.54, 1.807) is 18.2 Å². The summed E-state index contributed by atoms with van der Waals surface area (Å²) in [4.78, 5) is 22.9. The van der Waals surface area contributed by atoms with Crippen LogP contribution in [0.2, 0.25) is 0 Å². The van der Waals surface area contributed by atoms with Crippen molar-refractivity contribution >= 4 is 11.7 Å². The van der Waals surface area contributed by atoms with Gasteiger partial charge in [0.1, 0.15) is 18.1 Å². The number of carbonyl (C=O) groups excluding carboxylic acids is 1. The number of hydrogen-bond acceptors (Lipinski definition) is 7. The van der Waals surface area contributed by atoms with Crippen molar-refractivity contribution in [1.29, 1.82) is 0 Å². The van der Waals surface area contributed by atoms with Gasteiger partial charge >= 0.3 is 0 Å². The Bertz CT molecular complexity index is 823. The molecule has 1 aromatic carbocycles. The highest BCUT2D eigenvalue weighted by molar-refractivity contribution is 5.92. The number of fused-ring (bicyclic) bond motifs is 1. The first-order valence-corrected chi connectivity index (χ1v) is 8.99. The molecule has 0 radical (unpaired) electrons. The van der Waals surface area contributed by atoms with Crippen LogP contribution in [0.5, 0.6) is 11.5 Å². The van der Waals surface area contributed by atoms with Crippen molar-refractivity contribution in [3.05, 3.63) is 41.9 Å². The maximum atomic E-state index is 12.6. The zero-order valence-corrected chi connectivity index (χ0v) is 15.2. The molecule has 4 rings (SSSR count). The first-order valence-electron chi connectivity index (χ1n) is 8.99. The predicted octanol–water partition coefficient (Wildman–Crippen LogP) is 1.37. The van der Waals surface area contributed by atoms with Crippen LogP contribution in [0, 0.1) is 0 Å². The number of methoxy groups -OCH3 is 1. The highest BCUT2D eigenvalue weighted by Gasteiger charge is 2.24. The van der Waals surface area contributed by atoms with Crippen LogP contribution in [-0.4, -0.2) is 66.8 Å². The quantitative estimate of drug-likeness (QED) is 0.870. The van der Waals surface area contributed by atoms with Crippen molar-refractivity contribution in [2.24, 2.45) is 0 Å². The van der Waals surface area contributed by atoms with Gasteiger partial charge in [-0.3, -0.25) is 9.78 Å². The molecule has 1 fully saturated rings. The van der Waals surface area contributed by atoms with Crippen LogP contribution in [0.4, 0.5) is 5.82 Å². The molecule has 1 unspecified atom stereocenters. The maximum absolute atomic E-state index is 12.6. The monoisotopic (exact) mass is 370 g/mol. The Morgan fingerprint density at radius 1 is 1.30 bits per heavy atom. The second kappa shape index (κ2) is 7.79. The van der Waals surface area contributed by atoms with Gasteiger partial charge in [-0.1, -0.05) is 12.1 Å². The van der Waals surface area contributed by atoms with Gasteiger partial charge in [-0.25, -0.2) is 4.98 Å². The molecule has 0 spiro atoms. The Hall–Kier alpha value is -2.87. The Labute approximate surface area is 157 Å². The third-order valence-corrected chi connectivity index (χ3v) is 4.68. The number of hydrogen-bond donors (Lipinski definition) is 1. The molecule has 8 nitrogen and oxygen atoms in total. The van der Waals surface area contributed by atoms with E-state index in [-0.39, 0.29) is 11.9 Å². The number of nitrogens with one attached hydrogen (secondary N) is 1. The molecule has 3 heterocycles. The van der Waals surface area contributed by atoms with Gasteiger partial charge in [-0.2, -0.15) is 0 Å². The van der Waals surface area contributed by atoms with E-state index in [2.05, 4.69) is 15.3 Å². The summed E-state index contributed by atoms with van der Waals surface area (Å²) in [6.07, 6.45) is 3.90. The van der Waals surface area contributed by atoms with Gasteiger partial charge in [0.15, 0.2) is 11.5 Å². The fourth-order valence-electron chi connectivity index (χ4n) is 3.32. The second-order valence-corrected chi connectivity index (χ2v) is 6.50. The molecule has 1 amide bonds. The smallest absolute Gasteiger partial charge is 0.274 e. The second-order valence-electron chi connectivity index (χ2n) is 6.50. The van der Waals surface area contributed by atoms with E-state index in [0.717, 1.165) is 23.5 Å². The normalized spacial score (nSPS) is 19.0. The van der Waals surface area contributed by atoms with E-state index in [9.17, 15) is 4.79 Å². The van der Waals surface area contributed by atoms with Crippen molar-refractivity contribution < 1.29 is 19.0 Å². The predicted molar refractivity (Wildman–Crippen MR) is 98.4 cm³/mol. The SMILES string of the molecule is COc1cccc2c1OCC(Nc1cncc(C(=O)N3CCOCC3)n1)C2. The molecular weight excluding hydrogens is 348 g/mol. The number of para-hydroxylation sites is 1. The summed E-state index contributed by atoms with van der Waals surface area (Å²) >= 11 is 0. The molecule has 2 aromatic rings. The number of anilines is 1. The Morgan fingerprint density at radius 2 is 2.15 bits per heavy atom. The molecule has 1 N–H and O–H groups in total. The largest absolute Gasteiger partial charge is 0.493 e. The number of amides is 1. The summed E-state index contributed by atoms with van der Waals surface area (Å²) in [5.41, 5.74) is 1.41. The summed E-state index contributed by atoms with van der Waals surface area (Å²) in [6, 6.07) is 5.90. The Kier molecular flexibility index (Phi) is 5.06. The van der Waals surface area contributed by atoms with E-state index < -0.39 is 0 Å². The molecule has 0 saturated carbocycles. The average molecular weight is 370 g/mol. The third-order valence-electron chi connectivity index (χ3n) is 4.68. The molecule has 1 atom stereocenters. The van der Waals surface area contributed by atoms with Gasteiger partial charge in [-0.05, 0) is 12.5 Å². The number of rotatable bonds is 4. The zero-order valence-electron chi connectivity index (χ0n) is 15.2. The Balaban J connectivity index is 1.45. The molecule has 0 aliphatic carbocycles. The highest BCUT2D eigenvalue weighted by Crippen LogP contribution is 2.34. The topological polar surface area (TPSA) is 85.8 Å². The van der Waals surface area contributed by atoms with Crippen LogP contribution >= 0.6 is 0 Å². The van der Waals surface area contributed by atoms with E-state index >= 15 is 0 Å². The summed E-state index contributed by atoms with van der Waals surface area (Å²) < 4.78 is 16.5. The molecule has 8 heteroatoms. The van der Waals surface area contributed by atoms with Crippen molar-refractivity contribution in [3.8, 4) is 11.5 Å². The average Bonchev–Trinajstić information content (AvgIpc) is 2.73. The fourth-order valence-corrected chi connectivity index (χ4v) is 3.32. The molecule has 2 aliphatic rings. The van der Waals surface area contributed by atoms with Gasteiger partial charge < -0.3 is 24.4 Å². The third kappa shape index (κ3) is 3.80. The van der Waals surface area contributed by atoms with Crippen LogP contribution < -0.4 is 14.8 Å². The van der Waals surface area contributed by atoms with Crippen LogP contribution in [0.1, 0.15) is 16.1 Å². The highest BCUT2D eigenvalue weighted by atomic mass is 16.5. The summed E-state index contributed by atoms with van der Waals surface area (Å²) in [5, 5.41) is 3.32. The molecule has 1 aromatic heterocycles. The number of ether oxygens (including phenoxy) is 3. The standard InChI is InChI=1S/C19H22N4O4/c1-25-16-4-2-3-13-9-14(12-27-18(13)16)21-17-11-20-10-15(22-17)19(24)23-5-7-26-8-6-23/h2-4,10-11,14H,5-9,12H2,1H3,(H,21,22). The van der Waals surface area contributed by atoms with E-state index in [1.807, 2.05) is 18.2 Å². The molecular formula is C19H22N4O4. The van der Waals surface area contributed by atoms with Crippen LogP contribution in [0.15, 0.2) is 30.6 Å². The molecule has 142 valence electrons. The molecule has 2 aliphatic heterocycles. The van der Waals surface area contributed by atoms with Gasteiger partial charge in [0, 0.05) is 18.7 Å². The van der Waals surface area contributed by atoms with Crippen molar-refractivity contribution in [3.63, 3.8) is 0 Å². The minimum absolute atomic E-state index is 0.0349. The van der Waals surface area contributed by atoms with Crippen LogP contribution in [0.3, 0.4) is 0 Å². The van der Waals surface area contributed by atoms with E-state index in [0.29, 0.717) is 44.4 Å². The number of carbonyl (C=O) groups is 1. The van der Waals surface area contributed by atoms with Crippen molar-refractivity contribution in [1.82, 2.24) is 14.9 Å². The first-order chi connectivity index (χ1) is 13.2. The molecule has 1 saturated heterocycles. The molecule has 27 heavy (non-hydrogen) atoms. The number of nitrogens with zero attached hydrogens (tertiary/aromatic N) is 3.